The van der Waals surface area contributed by atoms with Crippen LogP contribution in [0.4, 0.5) is 0 Å². The Kier molecular flexibility index (Phi) is 5.01. The summed E-state index contributed by atoms with van der Waals surface area (Å²) < 4.78 is 0. The third-order valence-corrected chi connectivity index (χ3v) is 1.01. The van der Waals surface area contributed by atoms with Gasteiger partial charge in [0, 0.05) is 32.5 Å². The standard InChI is InChI=1S/C6H15N3/c1-7-4-6(9-3)5-8-2/h4,7-9H,5H2,1-3H3/b6-4-. The van der Waals surface area contributed by atoms with Crippen molar-refractivity contribution < 1.29 is 0 Å². The second-order valence-electron chi connectivity index (χ2n) is 1.74. The van der Waals surface area contributed by atoms with Gasteiger partial charge in [0.1, 0.15) is 0 Å². The molecule has 0 unspecified atom stereocenters. The highest BCUT2D eigenvalue weighted by molar-refractivity contribution is 4.98. The van der Waals surface area contributed by atoms with E-state index in [-0.39, 0.29) is 0 Å². The first kappa shape index (κ1) is 8.30. The van der Waals surface area contributed by atoms with Crippen LogP contribution in [0.2, 0.25) is 0 Å². The van der Waals surface area contributed by atoms with Crippen LogP contribution in [0.15, 0.2) is 11.9 Å². The molecule has 3 N–H and O–H groups in total. The number of hydrogen-bond acceptors (Lipinski definition) is 3. The topological polar surface area (TPSA) is 36.1 Å². The lowest BCUT2D eigenvalue weighted by Crippen LogP contribution is -2.21. The minimum absolute atomic E-state index is 0.872. The molecule has 54 valence electrons. The molecule has 0 aliphatic heterocycles. The summed E-state index contributed by atoms with van der Waals surface area (Å²) in [7, 11) is 5.70. The van der Waals surface area contributed by atoms with Crippen molar-refractivity contribution in [1.29, 1.82) is 0 Å². The summed E-state index contributed by atoms with van der Waals surface area (Å²) in [6.45, 7) is 0.872. The van der Waals surface area contributed by atoms with Gasteiger partial charge in [-0.1, -0.05) is 0 Å². The minimum atomic E-state index is 0.872. The van der Waals surface area contributed by atoms with Crippen LogP contribution in [0.1, 0.15) is 0 Å². The molecule has 0 aliphatic carbocycles. The van der Waals surface area contributed by atoms with Crippen LogP contribution in [0.25, 0.3) is 0 Å². The van der Waals surface area contributed by atoms with E-state index < -0.39 is 0 Å². The molecular formula is C6H15N3. The fourth-order valence-electron chi connectivity index (χ4n) is 0.576. The van der Waals surface area contributed by atoms with Gasteiger partial charge in [0.2, 0.25) is 0 Å². The number of nitrogens with one attached hydrogen (secondary N) is 3. The van der Waals surface area contributed by atoms with Gasteiger partial charge in [-0.2, -0.15) is 0 Å². The minimum Gasteiger partial charge on any atom is -0.393 e. The average Bonchev–Trinajstić information content (AvgIpc) is 1.88. The Morgan fingerprint density at radius 3 is 2.33 bits per heavy atom. The molecular weight excluding hydrogens is 114 g/mol. The van der Waals surface area contributed by atoms with Crippen LogP contribution < -0.4 is 16.0 Å². The van der Waals surface area contributed by atoms with Gasteiger partial charge in [-0.15, -0.1) is 0 Å². The zero-order valence-electron chi connectivity index (χ0n) is 6.28. The summed E-state index contributed by atoms with van der Waals surface area (Å²) in [5.41, 5.74) is 1.15. The highest BCUT2D eigenvalue weighted by Crippen LogP contribution is 1.78. The van der Waals surface area contributed by atoms with E-state index in [0.717, 1.165) is 12.2 Å². The van der Waals surface area contributed by atoms with Crippen LogP contribution in [-0.4, -0.2) is 27.7 Å². The third kappa shape index (κ3) is 3.85. The monoisotopic (exact) mass is 129 g/mol. The molecule has 9 heavy (non-hydrogen) atoms. The first-order valence-electron chi connectivity index (χ1n) is 3.03. The number of likely N-dealkylation sites (N-methyl/N-ethyl adjacent to an activating group) is 2. The molecule has 0 heterocycles. The van der Waals surface area contributed by atoms with Crippen molar-refractivity contribution in [2.24, 2.45) is 0 Å². The highest BCUT2D eigenvalue weighted by atomic mass is 14.9. The quantitative estimate of drug-likeness (QED) is 0.478. The summed E-state index contributed by atoms with van der Waals surface area (Å²) in [6, 6.07) is 0. The Labute approximate surface area is 56.5 Å². The van der Waals surface area contributed by atoms with Crippen molar-refractivity contribution in [2.75, 3.05) is 27.7 Å². The lowest BCUT2D eigenvalue weighted by atomic mass is 10.4. The lowest BCUT2D eigenvalue weighted by molar-refractivity contribution is 0.796. The van der Waals surface area contributed by atoms with Gasteiger partial charge in [-0.3, -0.25) is 0 Å². The van der Waals surface area contributed by atoms with Crippen molar-refractivity contribution >= 4 is 0 Å². The summed E-state index contributed by atoms with van der Waals surface area (Å²) in [4.78, 5) is 0. The molecule has 0 aromatic heterocycles. The van der Waals surface area contributed by atoms with Gasteiger partial charge in [0.05, 0.1) is 0 Å². The maximum Gasteiger partial charge on any atom is 0.0404 e. The number of hydrogen-bond donors (Lipinski definition) is 3. The van der Waals surface area contributed by atoms with Gasteiger partial charge in [0.15, 0.2) is 0 Å². The molecule has 0 rings (SSSR count). The third-order valence-electron chi connectivity index (χ3n) is 1.01. The second-order valence-corrected chi connectivity index (χ2v) is 1.74. The highest BCUT2D eigenvalue weighted by Gasteiger charge is 1.86. The fraction of sp³-hybridized carbons (Fsp3) is 0.667. The predicted octanol–water partition coefficient (Wildman–Crippen LogP) is -0.514. The Balaban J connectivity index is 3.53. The second kappa shape index (κ2) is 5.44. The van der Waals surface area contributed by atoms with Crippen molar-refractivity contribution in [2.45, 2.75) is 0 Å². The summed E-state index contributed by atoms with van der Waals surface area (Å²) >= 11 is 0. The molecule has 0 aromatic carbocycles. The molecule has 0 aliphatic rings. The molecule has 0 radical (unpaired) electrons. The SMILES string of the molecule is CN/C=C(/CNC)NC. The average molecular weight is 129 g/mol. The maximum absolute atomic E-state index is 3.04. The molecule has 3 nitrogen and oxygen atoms in total. The van der Waals surface area contributed by atoms with Gasteiger partial charge >= 0.3 is 0 Å². The van der Waals surface area contributed by atoms with Gasteiger partial charge in [-0.05, 0) is 7.05 Å². The van der Waals surface area contributed by atoms with Gasteiger partial charge < -0.3 is 16.0 Å². The van der Waals surface area contributed by atoms with Crippen LogP contribution in [-0.2, 0) is 0 Å². The van der Waals surface area contributed by atoms with E-state index in [9.17, 15) is 0 Å². The Morgan fingerprint density at radius 1 is 1.33 bits per heavy atom. The van der Waals surface area contributed by atoms with Crippen molar-refractivity contribution in [1.82, 2.24) is 16.0 Å². The van der Waals surface area contributed by atoms with Crippen LogP contribution in [0.5, 0.6) is 0 Å². The molecule has 0 fully saturated rings. The molecule has 0 aromatic rings. The largest absolute Gasteiger partial charge is 0.393 e. The normalized spacial score (nSPS) is 11.2. The van der Waals surface area contributed by atoms with Crippen molar-refractivity contribution in [3.05, 3.63) is 11.9 Å². The number of rotatable bonds is 4. The van der Waals surface area contributed by atoms with E-state index >= 15 is 0 Å². The molecule has 3 heteroatoms. The van der Waals surface area contributed by atoms with E-state index in [1.165, 1.54) is 0 Å². The van der Waals surface area contributed by atoms with E-state index in [0.29, 0.717) is 0 Å². The van der Waals surface area contributed by atoms with Gasteiger partial charge in [0.25, 0.3) is 0 Å². The van der Waals surface area contributed by atoms with Crippen molar-refractivity contribution in [3.63, 3.8) is 0 Å². The van der Waals surface area contributed by atoms with Gasteiger partial charge in [-0.25, -0.2) is 0 Å². The molecule has 0 spiro atoms. The zero-order valence-corrected chi connectivity index (χ0v) is 6.28. The maximum atomic E-state index is 3.04. The molecule has 0 saturated carbocycles. The molecule has 0 saturated heterocycles. The van der Waals surface area contributed by atoms with E-state index in [1.807, 2.05) is 27.3 Å². The summed E-state index contributed by atoms with van der Waals surface area (Å²) in [5, 5.41) is 9.01. The molecule has 0 amide bonds. The molecule has 0 bridgehead atoms. The lowest BCUT2D eigenvalue weighted by Gasteiger charge is -2.04. The zero-order chi connectivity index (χ0) is 7.11. The van der Waals surface area contributed by atoms with E-state index in [1.54, 1.807) is 0 Å². The first-order valence-corrected chi connectivity index (χ1v) is 3.03. The van der Waals surface area contributed by atoms with E-state index in [4.69, 9.17) is 0 Å². The molecule has 0 atom stereocenters. The fourth-order valence-corrected chi connectivity index (χ4v) is 0.576. The Bertz CT molecular complexity index is 88.3. The van der Waals surface area contributed by atoms with Crippen LogP contribution >= 0.6 is 0 Å². The van der Waals surface area contributed by atoms with Crippen LogP contribution in [0, 0.1) is 0 Å². The predicted molar refractivity (Wildman–Crippen MR) is 40.1 cm³/mol. The first-order chi connectivity index (χ1) is 4.35. The Morgan fingerprint density at radius 2 is 2.00 bits per heavy atom. The Hall–Kier alpha value is -0.700. The summed E-state index contributed by atoms with van der Waals surface area (Å²) in [5.74, 6) is 0. The summed E-state index contributed by atoms with van der Waals surface area (Å²) in [6.07, 6.45) is 1.93. The van der Waals surface area contributed by atoms with E-state index in [2.05, 4.69) is 16.0 Å². The van der Waals surface area contributed by atoms with Crippen molar-refractivity contribution in [3.8, 4) is 0 Å². The van der Waals surface area contributed by atoms with Crippen LogP contribution in [0.3, 0.4) is 0 Å². The smallest absolute Gasteiger partial charge is 0.0404 e.